The van der Waals surface area contributed by atoms with Crippen molar-refractivity contribution >= 4 is 15.9 Å². The highest BCUT2D eigenvalue weighted by Crippen LogP contribution is 2.33. The summed E-state index contributed by atoms with van der Waals surface area (Å²) in [6.45, 7) is 10.5. The first-order chi connectivity index (χ1) is 17.7. The van der Waals surface area contributed by atoms with E-state index in [2.05, 4.69) is 11.8 Å². The number of nitrogens with zero attached hydrogens (tertiary/aromatic N) is 3. The van der Waals surface area contributed by atoms with Gasteiger partial charge in [0, 0.05) is 38.3 Å². The number of piperidine rings is 1. The minimum absolute atomic E-state index is 0.0103. The van der Waals surface area contributed by atoms with Gasteiger partial charge in [0.15, 0.2) is 0 Å². The molecule has 3 fully saturated rings. The molecule has 4 rings (SSSR count). The maximum Gasteiger partial charge on any atom is 0.248 e. The Morgan fingerprint density at radius 3 is 2.32 bits per heavy atom. The standard InChI is InChI=1S/C28H45N3O5S/c1-5-12-30(18-23-8-9-23)24-10-14-29(15-11-24)27(32)20-36-19-25-7-6-13-31(25)37(33,34)28-21(2)16-26(35-4)17-22(28)3/h16-17,23-25H,5-15,18-20H2,1-4H3/t25-/m0/s1. The van der Waals surface area contributed by atoms with Crippen molar-refractivity contribution in [2.45, 2.75) is 82.7 Å². The molecule has 0 bridgehead atoms. The summed E-state index contributed by atoms with van der Waals surface area (Å²) in [6.07, 6.45) is 7.48. The summed E-state index contributed by atoms with van der Waals surface area (Å²) in [5.74, 6) is 1.55. The van der Waals surface area contributed by atoms with Crippen LogP contribution in [0.15, 0.2) is 17.0 Å². The third-order valence-corrected chi connectivity index (χ3v) is 10.4. The van der Waals surface area contributed by atoms with Gasteiger partial charge in [-0.3, -0.25) is 9.69 Å². The number of aryl methyl sites for hydroxylation is 2. The third-order valence-electron chi connectivity index (χ3n) is 8.13. The van der Waals surface area contributed by atoms with Crippen LogP contribution in [-0.2, 0) is 19.6 Å². The summed E-state index contributed by atoms with van der Waals surface area (Å²) in [5, 5.41) is 0. The summed E-state index contributed by atoms with van der Waals surface area (Å²) < 4.78 is 39.9. The largest absolute Gasteiger partial charge is 0.497 e. The molecule has 1 aliphatic carbocycles. The van der Waals surface area contributed by atoms with Crippen LogP contribution in [0.1, 0.15) is 63.0 Å². The molecule has 0 N–H and O–H groups in total. The van der Waals surface area contributed by atoms with Crippen LogP contribution in [0, 0.1) is 19.8 Å². The van der Waals surface area contributed by atoms with Gasteiger partial charge >= 0.3 is 0 Å². The smallest absolute Gasteiger partial charge is 0.248 e. The van der Waals surface area contributed by atoms with Gasteiger partial charge in [0.05, 0.1) is 18.6 Å². The first-order valence-electron chi connectivity index (χ1n) is 14.0. The van der Waals surface area contributed by atoms with Crippen LogP contribution in [0.25, 0.3) is 0 Å². The second-order valence-electron chi connectivity index (χ2n) is 11.1. The van der Waals surface area contributed by atoms with Crippen molar-refractivity contribution in [3.8, 4) is 5.75 Å². The molecule has 0 spiro atoms. The maximum atomic E-state index is 13.6. The van der Waals surface area contributed by atoms with E-state index in [4.69, 9.17) is 9.47 Å². The van der Waals surface area contributed by atoms with Gasteiger partial charge in [-0.2, -0.15) is 4.31 Å². The zero-order valence-electron chi connectivity index (χ0n) is 23.1. The second-order valence-corrected chi connectivity index (χ2v) is 12.9. The lowest BCUT2D eigenvalue weighted by Crippen LogP contribution is -2.48. The molecule has 1 aromatic rings. The molecule has 0 unspecified atom stereocenters. The lowest BCUT2D eigenvalue weighted by molar-refractivity contribution is -0.138. The molecule has 1 atom stereocenters. The Balaban J connectivity index is 1.27. The number of amides is 1. The number of methoxy groups -OCH3 is 1. The molecular weight excluding hydrogens is 490 g/mol. The molecule has 0 aromatic heterocycles. The number of likely N-dealkylation sites (tertiary alicyclic amines) is 1. The zero-order valence-corrected chi connectivity index (χ0v) is 23.9. The summed E-state index contributed by atoms with van der Waals surface area (Å²) >= 11 is 0. The molecule has 2 aliphatic heterocycles. The average Bonchev–Trinajstić information content (AvgIpc) is 3.56. The quantitative estimate of drug-likeness (QED) is 0.407. The van der Waals surface area contributed by atoms with Crippen LogP contribution in [0.5, 0.6) is 5.75 Å². The molecule has 8 nitrogen and oxygen atoms in total. The Labute approximate surface area is 223 Å². The monoisotopic (exact) mass is 535 g/mol. The lowest BCUT2D eigenvalue weighted by atomic mass is 10.0. The van der Waals surface area contributed by atoms with E-state index >= 15 is 0 Å². The Kier molecular flexibility index (Phi) is 9.53. The fraction of sp³-hybridized carbons (Fsp3) is 0.750. The number of hydrogen-bond acceptors (Lipinski definition) is 6. The third kappa shape index (κ3) is 6.85. The van der Waals surface area contributed by atoms with Gasteiger partial charge in [0.25, 0.3) is 0 Å². The van der Waals surface area contributed by atoms with Crippen LogP contribution >= 0.6 is 0 Å². The highest BCUT2D eigenvalue weighted by molar-refractivity contribution is 7.89. The molecule has 37 heavy (non-hydrogen) atoms. The predicted molar refractivity (Wildman–Crippen MR) is 144 cm³/mol. The van der Waals surface area contributed by atoms with E-state index in [1.807, 2.05) is 4.90 Å². The van der Waals surface area contributed by atoms with Crippen molar-refractivity contribution in [2.24, 2.45) is 5.92 Å². The van der Waals surface area contributed by atoms with E-state index in [0.717, 1.165) is 51.2 Å². The molecule has 2 saturated heterocycles. The number of ether oxygens (including phenoxy) is 2. The Bertz CT molecular complexity index is 1010. The number of rotatable bonds is 12. The van der Waals surface area contributed by atoms with E-state index in [0.29, 0.717) is 34.4 Å². The van der Waals surface area contributed by atoms with E-state index in [1.165, 1.54) is 25.8 Å². The number of carbonyl (C=O) groups is 1. The molecule has 1 amide bonds. The van der Waals surface area contributed by atoms with Gasteiger partial charge in [-0.1, -0.05) is 6.92 Å². The van der Waals surface area contributed by atoms with Crippen molar-refractivity contribution in [2.75, 3.05) is 53.0 Å². The SMILES string of the molecule is CCCN(CC1CC1)C1CCN(C(=O)COC[C@@H]2CCCN2S(=O)(=O)c2c(C)cc(OC)cc2C)CC1. The van der Waals surface area contributed by atoms with Crippen LogP contribution in [0.2, 0.25) is 0 Å². The van der Waals surface area contributed by atoms with Crippen molar-refractivity contribution in [3.05, 3.63) is 23.3 Å². The average molecular weight is 536 g/mol. The molecule has 208 valence electrons. The molecule has 1 saturated carbocycles. The second kappa shape index (κ2) is 12.5. The van der Waals surface area contributed by atoms with Crippen LogP contribution in [-0.4, -0.2) is 93.6 Å². The minimum Gasteiger partial charge on any atom is -0.497 e. The first-order valence-corrected chi connectivity index (χ1v) is 15.4. The van der Waals surface area contributed by atoms with Crippen LogP contribution in [0.4, 0.5) is 0 Å². The minimum atomic E-state index is -3.67. The summed E-state index contributed by atoms with van der Waals surface area (Å²) in [4.78, 5) is 17.8. The molecular formula is C28H45N3O5S. The first kappa shape index (κ1) is 28.3. The molecule has 2 heterocycles. The highest BCUT2D eigenvalue weighted by Gasteiger charge is 2.37. The van der Waals surface area contributed by atoms with Crippen molar-refractivity contribution in [1.29, 1.82) is 0 Å². The maximum absolute atomic E-state index is 13.6. The molecule has 1 aromatic carbocycles. The summed E-state index contributed by atoms with van der Waals surface area (Å²) in [6, 6.07) is 3.84. The van der Waals surface area contributed by atoms with Gasteiger partial charge in [-0.25, -0.2) is 8.42 Å². The van der Waals surface area contributed by atoms with E-state index in [9.17, 15) is 13.2 Å². The number of hydrogen-bond donors (Lipinski definition) is 0. The van der Waals surface area contributed by atoms with E-state index < -0.39 is 10.0 Å². The van der Waals surface area contributed by atoms with Crippen molar-refractivity contribution in [3.63, 3.8) is 0 Å². The normalized spacial score (nSPS) is 21.6. The fourth-order valence-electron chi connectivity index (χ4n) is 6.04. The number of benzene rings is 1. The zero-order chi connectivity index (χ0) is 26.6. The predicted octanol–water partition coefficient (Wildman–Crippen LogP) is 3.59. The van der Waals surface area contributed by atoms with Gasteiger partial charge in [0.2, 0.25) is 15.9 Å². The topological polar surface area (TPSA) is 79.4 Å². The van der Waals surface area contributed by atoms with Crippen LogP contribution < -0.4 is 4.74 Å². The van der Waals surface area contributed by atoms with Crippen molar-refractivity contribution < 1.29 is 22.7 Å². The lowest BCUT2D eigenvalue weighted by Gasteiger charge is -2.38. The van der Waals surface area contributed by atoms with Gasteiger partial charge in [0.1, 0.15) is 12.4 Å². The molecule has 0 radical (unpaired) electrons. The van der Waals surface area contributed by atoms with E-state index in [-0.39, 0.29) is 25.2 Å². The van der Waals surface area contributed by atoms with Crippen LogP contribution in [0.3, 0.4) is 0 Å². The van der Waals surface area contributed by atoms with E-state index in [1.54, 1.807) is 37.4 Å². The van der Waals surface area contributed by atoms with Crippen molar-refractivity contribution in [1.82, 2.24) is 14.1 Å². The Morgan fingerprint density at radius 2 is 1.73 bits per heavy atom. The summed E-state index contributed by atoms with van der Waals surface area (Å²) in [7, 11) is -2.09. The highest BCUT2D eigenvalue weighted by atomic mass is 32.2. The fourth-order valence-corrected chi connectivity index (χ4v) is 8.14. The molecule has 9 heteroatoms. The van der Waals surface area contributed by atoms with Gasteiger partial charge in [-0.05, 0) is 94.5 Å². The Hall–Kier alpha value is -1.68. The Morgan fingerprint density at radius 1 is 1.05 bits per heavy atom. The van der Waals surface area contributed by atoms with Gasteiger partial charge < -0.3 is 14.4 Å². The number of sulfonamides is 1. The summed E-state index contributed by atoms with van der Waals surface area (Å²) in [5.41, 5.74) is 1.35. The number of carbonyl (C=O) groups excluding carboxylic acids is 1. The van der Waals surface area contributed by atoms with Gasteiger partial charge in [-0.15, -0.1) is 0 Å². The molecule has 3 aliphatic rings.